The number of para-hydroxylation sites is 1. The topological polar surface area (TPSA) is 38.0 Å². The number of hydrogen-bond donors (Lipinski definition) is 1. The number of aromatic hydroxyl groups is 1. The van der Waals surface area contributed by atoms with Crippen LogP contribution in [0.3, 0.4) is 0 Å². The van der Waals surface area contributed by atoms with Crippen molar-refractivity contribution in [3.05, 3.63) is 41.1 Å². The number of aromatic nitrogens is 2. The molecule has 2 aromatic rings. The van der Waals surface area contributed by atoms with Crippen molar-refractivity contribution < 1.29 is 5.11 Å². The van der Waals surface area contributed by atoms with Crippen LogP contribution in [-0.2, 0) is 12.8 Å². The summed E-state index contributed by atoms with van der Waals surface area (Å²) in [6, 6.07) is 8.00. The van der Waals surface area contributed by atoms with E-state index in [4.69, 9.17) is 0 Å². The van der Waals surface area contributed by atoms with Crippen LogP contribution in [0.1, 0.15) is 43.5 Å². The smallest absolute Gasteiger partial charge is 0.217 e. The summed E-state index contributed by atoms with van der Waals surface area (Å²) in [5.41, 5.74) is 4.11. The molecule has 0 bridgehead atoms. The predicted molar refractivity (Wildman–Crippen MR) is 78.0 cm³/mol. The normalized spacial score (nSPS) is 10.9. The van der Waals surface area contributed by atoms with Crippen molar-refractivity contribution in [2.45, 2.75) is 46.5 Å². The van der Waals surface area contributed by atoms with E-state index in [0.717, 1.165) is 48.2 Å². The minimum Gasteiger partial charge on any atom is -0.493 e. The Hall–Kier alpha value is -1.77. The fourth-order valence-corrected chi connectivity index (χ4v) is 2.40. The third kappa shape index (κ3) is 2.65. The number of hydrogen-bond acceptors (Lipinski definition) is 2. The number of rotatable bonds is 5. The molecule has 0 aliphatic rings. The molecule has 0 radical (unpaired) electrons. The summed E-state index contributed by atoms with van der Waals surface area (Å²) >= 11 is 0. The fourth-order valence-electron chi connectivity index (χ4n) is 2.40. The highest BCUT2D eigenvalue weighted by Gasteiger charge is 2.17. The van der Waals surface area contributed by atoms with Crippen molar-refractivity contribution in [2.75, 3.05) is 0 Å². The molecule has 3 heteroatoms. The Balaban J connectivity index is 2.52. The lowest BCUT2D eigenvalue weighted by atomic mass is 10.1. The Morgan fingerprint density at radius 3 is 2.42 bits per heavy atom. The third-order valence-corrected chi connectivity index (χ3v) is 3.37. The minimum atomic E-state index is 0.305. The monoisotopic (exact) mass is 258 g/mol. The lowest BCUT2D eigenvalue weighted by Crippen LogP contribution is -1.99. The maximum Gasteiger partial charge on any atom is 0.217 e. The molecular weight excluding hydrogens is 236 g/mol. The summed E-state index contributed by atoms with van der Waals surface area (Å²) in [7, 11) is 0. The van der Waals surface area contributed by atoms with Crippen LogP contribution in [0, 0.1) is 6.92 Å². The molecule has 2 rings (SSSR count). The first-order chi connectivity index (χ1) is 9.19. The van der Waals surface area contributed by atoms with E-state index in [9.17, 15) is 5.11 Å². The van der Waals surface area contributed by atoms with Gasteiger partial charge in [0.25, 0.3) is 0 Å². The average molecular weight is 258 g/mol. The van der Waals surface area contributed by atoms with Gasteiger partial charge in [-0.1, -0.05) is 44.9 Å². The Morgan fingerprint density at radius 1 is 1.11 bits per heavy atom. The van der Waals surface area contributed by atoms with Crippen LogP contribution >= 0.6 is 0 Å². The molecule has 19 heavy (non-hydrogen) atoms. The van der Waals surface area contributed by atoms with Gasteiger partial charge in [0, 0.05) is 5.56 Å². The Labute approximate surface area is 114 Å². The molecule has 0 saturated heterocycles. The van der Waals surface area contributed by atoms with Gasteiger partial charge in [-0.15, -0.1) is 0 Å². The van der Waals surface area contributed by atoms with E-state index in [1.54, 1.807) is 4.68 Å². The SMILES string of the molecule is CCCc1nn(-c2ccccc2C)c(O)c1CCC. The van der Waals surface area contributed by atoms with Gasteiger partial charge < -0.3 is 5.11 Å². The first-order valence-corrected chi connectivity index (χ1v) is 7.04. The molecule has 0 fully saturated rings. The first-order valence-electron chi connectivity index (χ1n) is 7.04. The highest BCUT2D eigenvalue weighted by Crippen LogP contribution is 2.28. The van der Waals surface area contributed by atoms with Gasteiger partial charge in [0.05, 0.1) is 11.4 Å². The maximum atomic E-state index is 10.4. The van der Waals surface area contributed by atoms with Crippen LogP contribution < -0.4 is 0 Å². The van der Waals surface area contributed by atoms with Crippen molar-refractivity contribution >= 4 is 0 Å². The molecule has 1 aromatic heterocycles. The zero-order chi connectivity index (χ0) is 13.8. The van der Waals surface area contributed by atoms with Crippen LogP contribution in [0.15, 0.2) is 24.3 Å². The van der Waals surface area contributed by atoms with Crippen molar-refractivity contribution in [1.29, 1.82) is 0 Å². The summed E-state index contributed by atoms with van der Waals surface area (Å²) < 4.78 is 1.69. The van der Waals surface area contributed by atoms with Crippen LogP contribution in [0.25, 0.3) is 5.69 Å². The Morgan fingerprint density at radius 2 is 1.79 bits per heavy atom. The molecule has 0 aliphatic heterocycles. The zero-order valence-corrected chi connectivity index (χ0v) is 12.0. The molecule has 1 heterocycles. The molecule has 102 valence electrons. The van der Waals surface area contributed by atoms with Gasteiger partial charge in [-0.25, -0.2) is 4.68 Å². The molecule has 1 aromatic carbocycles. The first kappa shape index (κ1) is 13.7. The molecule has 0 amide bonds. The summed E-state index contributed by atoms with van der Waals surface area (Å²) in [6.45, 7) is 6.30. The molecule has 1 N–H and O–H groups in total. The van der Waals surface area contributed by atoms with E-state index < -0.39 is 0 Å². The quantitative estimate of drug-likeness (QED) is 0.886. The van der Waals surface area contributed by atoms with Gasteiger partial charge in [0.15, 0.2) is 0 Å². The highest BCUT2D eigenvalue weighted by molar-refractivity contribution is 5.45. The molecule has 3 nitrogen and oxygen atoms in total. The molecular formula is C16H22N2O. The lowest BCUT2D eigenvalue weighted by Gasteiger charge is -2.06. The maximum absolute atomic E-state index is 10.4. The van der Waals surface area contributed by atoms with Gasteiger partial charge in [-0.3, -0.25) is 0 Å². The standard InChI is InChI=1S/C16H22N2O/c1-4-8-13-14(9-5-2)17-18(16(13)19)15-11-7-6-10-12(15)3/h6-7,10-11,19H,4-5,8-9H2,1-3H3. The summed E-state index contributed by atoms with van der Waals surface area (Å²) in [5, 5.41) is 15.1. The van der Waals surface area contributed by atoms with E-state index >= 15 is 0 Å². The molecule has 0 saturated carbocycles. The second-order valence-electron chi connectivity index (χ2n) is 4.95. The summed E-state index contributed by atoms with van der Waals surface area (Å²) in [6.07, 6.45) is 3.86. The molecule has 0 atom stereocenters. The van der Waals surface area contributed by atoms with Gasteiger partial charge >= 0.3 is 0 Å². The fraction of sp³-hybridized carbons (Fsp3) is 0.438. The largest absolute Gasteiger partial charge is 0.493 e. The number of nitrogens with zero attached hydrogens (tertiary/aromatic N) is 2. The minimum absolute atomic E-state index is 0.305. The molecule has 0 aliphatic carbocycles. The van der Waals surface area contributed by atoms with Crippen molar-refractivity contribution in [3.63, 3.8) is 0 Å². The second kappa shape index (κ2) is 5.91. The predicted octanol–water partition coefficient (Wildman–Crippen LogP) is 3.79. The molecule has 0 unspecified atom stereocenters. The van der Waals surface area contributed by atoms with E-state index in [2.05, 4.69) is 18.9 Å². The van der Waals surface area contributed by atoms with Crippen molar-refractivity contribution in [1.82, 2.24) is 9.78 Å². The van der Waals surface area contributed by atoms with Crippen LogP contribution in [-0.4, -0.2) is 14.9 Å². The Kier molecular flexibility index (Phi) is 4.25. The third-order valence-electron chi connectivity index (χ3n) is 3.37. The zero-order valence-electron chi connectivity index (χ0n) is 12.0. The summed E-state index contributed by atoms with van der Waals surface area (Å²) in [4.78, 5) is 0. The second-order valence-corrected chi connectivity index (χ2v) is 4.95. The van der Waals surface area contributed by atoms with Gasteiger partial charge in [0.1, 0.15) is 0 Å². The van der Waals surface area contributed by atoms with E-state index in [0.29, 0.717) is 5.88 Å². The van der Waals surface area contributed by atoms with Gasteiger partial charge in [0.2, 0.25) is 5.88 Å². The lowest BCUT2D eigenvalue weighted by molar-refractivity contribution is 0.427. The van der Waals surface area contributed by atoms with Gasteiger partial charge in [-0.2, -0.15) is 5.10 Å². The van der Waals surface area contributed by atoms with E-state index in [-0.39, 0.29) is 0 Å². The summed E-state index contributed by atoms with van der Waals surface area (Å²) in [5.74, 6) is 0.305. The Bertz CT molecular complexity index is 558. The van der Waals surface area contributed by atoms with Gasteiger partial charge in [-0.05, 0) is 31.4 Å². The average Bonchev–Trinajstić information content (AvgIpc) is 2.69. The van der Waals surface area contributed by atoms with Crippen LogP contribution in [0.5, 0.6) is 5.88 Å². The van der Waals surface area contributed by atoms with Crippen molar-refractivity contribution in [2.24, 2.45) is 0 Å². The highest BCUT2D eigenvalue weighted by atomic mass is 16.3. The van der Waals surface area contributed by atoms with Crippen LogP contribution in [0.4, 0.5) is 0 Å². The van der Waals surface area contributed by atoms with E-state index in [1.165, 1.54) is 0 Å². The number of aryl methyl sites for hydroxylation is 2. The van der Waals surface area contributed by atoms with Crippen LogP contribution in [0.2, 0.25) is 0 Å². The van der Waals surface area contributed by atoms with E-state index in [1.807, 2.05) is 31.2 Å². The number of benzene rings is 1. The van der Waals surface area contributed by atoms with Crippen molar-refractivity contribution in [3.8, 4) is 11.6 Å². The molecule has 0 spiro atoms.